The maximum Gasteiger partial charge on any atom is 0.255 e. The van der Waals surface area contributed by atoms with Gasteiger partial charge in [0, 0.05) is 11.6 Å². The number of nitrogens with one attached hydrogen (secondary N) is 1. The van der Waals surface area contributed by atoms with E-state index in [-0.39, 0.29) is 22.7 Å². The molecule has 0 bridgehead atoms. The SMILES string of the molecule is Nc1cc(NC(=O)c2ccc(Br)c(O)c2)c(F)cc1F. The highest BCUT2D eigenvalue weighted by molar-refractivity contribution is 9.10. The Hall–Kier alpha value is -2.15. The molecule has 0 heterocycles. The van der Waals surface area contributed by atoms with Crippen LogP contribution in [0.2, 0.25) is 0 Å². The van der Waals surface area contributed by atoms with Crippen LogP contribution in [0.1, 0.15) is 10.4 Å². The van der Waals surface area contributed by atoms with Gasteiger partial charge >= 0.3 is 0 Å². The number of rotatable bonds is 2. The number of phenols is 1. The lowest BCUT2D eigenvalue weighted by molar-refractivity contribution is 0.102. The molecule has 0 saturated carbocycles. The molecule has 0 unspecified atom stereocenters. The number of benzene rings is 2. The van der Waals surface area contributed by atoms with Crippen molar-refractivity contribution in [3.63, 3.8) is 0 Å². The summed E-state index contributed by atoms with van der Waals surface area (Å²) in [6.07, 6.45) is 0. The smallest absolute Gasteiger partial charge is 0.255 e. The van der Waals surface area contributed by atoms with E-state index >= 15 is 0 Å². The third kappa shape index (κ3) is 2.88. The second kappa shape index (κ2) is 5.46. The minimum atomic E-state index is -0.939. The molecule has 2 aromatic rings. The number of hydrogen-bond donors (Lipinski definition) is 3. The fourth-order valence-corrected chi connectivity index (χ4v) is 1.76. The van der Waals surface area contributed by atoms with E-state index in [2.05, 4.69) is 21.2 Å². The zero-order valence-electron chi connectivity index (χ0n) is 9.95. The van der Waals surface area contributed by atoms with Crippen molar-refractivity contribution in [3.8, 4) is 5.75 Å². The number of aromatic hydroxyl groups is 1. The summed E-state index contributed by atoms with van der Waals surface area (Å²) in [6, 6.07) is 5.69. The predicted octanol–water partition coefficient (Wildman–Crippen LogP) is 3.27. The Labute approximate surface area is 121 Å². The van der Waals surface area contributed by atoms with E-state index in [1.165, 1.54) is 18.2 Å². The second-order valence-corrected chi connectivity index (χ2v) is 4.83. The standard InChI is InChI=1S/C13H9BrF2N2O2/c14-7-2-1-6(3-12(7)19)13(20)18-11-5-10(17)8(15)4-9(11)16/h1-5,19H,17H2,(H,18,20). The van der Waals surface area contributed by atoms with Gasteiger partial charge in [0.15, 0.2) is 0 Å². The molecule has 0 spiro atoms. The molecule has 4 N–H and O–H groups in total. The van der Waals surface area contributed by atoms with Crippen LogP contribution in [0, 0.1) is 11.6 Å². The minimum Gasteiger partial charge on any atom is -0.507 e. The van der Waals surface area contributed by atoms with E-state index in [4.69, 9.17) is 5.73 Å². The Kier molecular flexibility index (Phi) is 3.89. The van der Waals surface area contributed by atoms with E-state index in [0.29, 0.717) is 10.5 Å². The van der Waals surface area contributed by atoms with Gasteiger partial charge in [-0.3, -0.25) is 4.79 Å². The summed E-state index contributed by atoms with van der Waals surface area (Å²) >= 11 is 3.07. The van der Waals surface area contributed by atoms with Crippen LogP contribution in [-0.4, -0.2) is 11.0 Å². The molecule has 2 aromatic carbocycles. The normalized spacial score (nSPS) is 10.3. The molecule has 2 rings (SSSR count). The van der Waals surface area contributed by atoms with E-state index in [9.17, 15) is 18.7 Å². The molecule has 0 aliphatic heterocycles. The Morgan fingerprint density at radius 3 is 2.55 bits per heavy atom. The van der Waals surface area contributed by atoms with Crippen molar-refractivity contribution in [2.24, 2.45) is 0 Å². The van der Waals surface area contributed by atoms with Crippen molar-refractivity contribution in [1.82, 2.24) is 0 Å². The van der Waals surface area contributed by atoms with Gasteiger partial charge in [0.1, 0.15) is 17.4 Å². The van der Waals surface area contributed by atoms with Gasteiger partial charge in [0.05, 0.1) is 15.8 Å². The molecule has 0 aromatic heterocycles. The maximum atomic E-state index is 13.5. The molecule has 0 atom stereocenters. The summed E-state index contributed by atoms with van der Waals surface area (Å²) in [5.41, 5.74) is 4.91. The van der Waals surface area contributed by atoms with Gasteiger partial charge in [0.2, 0.25) is 0 Å². The molecule has 104 valence electrons. The van der Waals surface area contributed by atoms with Crippen molar-refractivity contribution in [1.29, 1.82) is 0 Å². The summed E-state index contributed by atoms with van der Waals surface area (Å²) in [5, 5.41) is 11.7. The van der Waals surface area contributed by atoms with Crippen LogP contribution in [0.15, 0.2) is 34.8 Å². The molecule has 4 nitrogen and oxygen atoms in total. The van der Waals surface area contributed by atoms with Gasteiger partial charge < -0.3 is 16.2 Å². The van der Waals surface area contributed by atoms with Crippen LogP contribution >= 0.6 is 15.9 Å². The first-order valence-corrected chi connectivity index (χ1v) is 6.22. The number of carbonyl (C=O) groups excluding carboxylic acids is 1. The highest BCUT2D eigenvalue weighted by Crippen LogP contribution is 2.26. The number of nitrogen functional groups attached to an aromatic ring is 1. The lowest BCUT2D eigenvalue weighted by Crippen LogP contribution is -2.13. The molecule has 7 heteroatoms. The summed E-state index contributed by atoms with van der Waals surface area (Å²) < 4.78 is 26.9. The number of halogens is 3. The first-order valence-electron chi connectivity index (χ1n) is 5.43. The van der Waals surface area contributed by atoms with Crippen molar-refractivity contribution in [2.45, 2.75) is 0 Å². The maximum absolute atomic E-state index is 13.5. The van der Waals surface area contributed by atoms with E-state index in [1.807, 2.05) is 0 Å². The van der Waals surface area contributed by atoms with Gasteiger partial charge in [-0.05, 0) is 40.2 Å². The monoisotopic (exact) mass is 342 g/mol. The van der Waals surface area contributed by atoms with E-state index < -0.39 is 17.5 Å². The average molecular weight is 343 g/mol. The molecular formula is C13H9BrF2N2O2. The lowest BCUT2D eigenvalue weighted by atomic mass is 10.2. The molecule has 0 saturated heterocycles. The Morgan fingerprint density at radius 2 is 1.90 bits per heavy atom. The highest BCUT2D eigenvalue weighted by atomic mass is 79.9. The van der Waals surface area contributed by atoms with Crippen LogP contribution in [0.3, 0.4) is 0 Å². The summed E-state index contributed by atoms with van der Waals surface area (Å²) in [6.45, 7) is 0. The second-order valence-electron chi connectivity index (χ2n) is 3.97. The topological polar surface area (TPSA) is 75.3 Å². The first-order chi connectivity index (χ1) is 9.38. The van der Waals surface area contributed by atoms with Gasteiger partial charge in [-0.2, -0.15) is 0 Å². The third-order valence-corrected chi connectivity index (χ3v) is 3.21. The Balaban J connectivity index is 2.27. The molecule has 1 amide bonds. The minimum absolute atomic E-state index is 0.119. The molecule has 20 heavy (non-hydrogen) atoms. The van der Waals surface area contributed by atoms with Crippen molar-refractivity contribution < 1.29 is 18.7 Å². The van der Waals surface area contributed by atoms with Crippen molar-refractivity contribution >= 4 is 33.2 Å². The Bertz CT molecular complexity index is 692. The zero-order chi connectivity index (χ0) is 14.9. The Morgan fingerprint density at radius 1 is 1.20 bits per heavy atom. The number of carbonyl (C=O) groups is 1. The zero-order valence-corrected chi connectivity index (χ0v) is 11.5. The van der Waals surface area contributed by atoms with Crippen LogP contribution in [0.25, 0.3) is 0 Å². The van der Waals surface area contributed by atoms with Crippen LogP contribution in [-0.2, 0) is 0 Å². The number of hydrogen-bond acceptors (Lipinski definition) is 3. The number of phenolic OH excluding ortho intramolecular Hbond substituents is 1. The van der Waals surface area contributed by atoms with Crippen LogP contribution < -0.4 is 11.1 Å². The number of anilines is 2. The molecule has 0 fully saturated rings. The van der Waals surface area contributed by atoms with E-state index in [1.54, 1.807) is 0 Å². The van der Waals surface area contributed by atoms with Gasteiger partial charge in [-0.15, -0.1) is 0 Å². The summed E-state index contributed by atoms with van der Waals surface area (Å²) in [5.74, 6) is -2.62. The van der Waals surface area contributed by atoms with Gasteiger partial charge in [-0.25, -0.2) is 8.78 Å². The lowest BCUT2D eigenvalue weighted by Gasteiger charge is -2.08. The van der Waals surface area contributed by atoms with Crippen LogP contribution in [0.4, 0.5) is 20.2 Å². The first kappa shape index (κ1) is 14.3. The van der Waals surface area contributed by atoms with Crippen LogP contribution in [0.5, 0.6) is 5.75 Å². The van der Waals surface area contributed by atoms with Crippen molar-refractivity contribution in [3.05, 3.63) is 52.0 Å². The number of nitrogens with two attached hydrogens (primary N) is 1. The average Bonchev–Trinajstić information content (AvgIpc) is 2.39. The molecule has 0 aliphatic carbocycles. The molecule has 0 radical (unpaired) electrons. The summed E-state index contributed by atoms with van der Waals surface area (Å²) in [7, 11) is 0. The van der Waals surface area contributed by atoms with Gasteiger partial charge in [0.25, 0.3) is 5.91 Å². The number of amides is 1. The third-order valence-electron chi connectivity index (χ3n) is 2.54. The van der Waals surface area contributed by atoms with E-state index in [0.717, 1.165) is 6.07 Å². The molecular weight excluding hydrogens is 334 g/mol. The largest absolute Gasteiger partial charge is 0.507 e. The predicted molar refractivity (Wildman–Crippen MR) is 74.5 cm³/mol. The van der Waals surface area contributed by atoms with Gasteiger partial charge in [-0.1, -0.05) is 0 Å². The summed E-state index contributed by atoms with van der Waals surface area (Å²) in [4.78, 5) is 11.9. The molecule has 0 aliphatic rings. The fourth-order valence-electron chi connectivity index (χ4n) is 1.51. The fraction of sp³-hybridized carbons (Fsp3) is 0. The highest BCUT2D eigenvalue weighted by Gasteiger charge is 2.13. The van der Waals surface area contributed by atoms with Crippen molar-refractivity contribution in [2.75, 3.05) is 11.1 Å². The quantitative estimate of drug-likeness (QED) is 0.733.